The summed E-state index contributed by atoms with van der Waals surface area (Å²) < 4.78 is 6.15. The fraction of sp³-hybridized carbons (Fsp3) is 0.174. The van der Waals surface area contributed by atoms with Crippen molar-refractivity contribution in [1.29, 1.82) is 0 Å². The summed E-state index contributed by atoms with van der Waals surface area (Å²) >= 11 is 0. The molecule has 0 saturated heterocycles. The van der Waals surface area contributed by atoms with Crippen molar-refractivity contribution < 1.29 is 19.3 Å². The van der Waals surface area contributed by atoms with Crippen molar-refractivity contribution >= 4 is 28.9 Å². The lowest BCUT2D eigenvalue weighted by Crippen LogP contribution is -2.76. The maximum Gasteiger partial charge on any atom is 0.205 e. The second-order valence-electron chi connectivity index (χ2n) is 6.60. The Morgan fingerprint density at radius 1 is 1.10 bits per heavy atom. The summed E-state index contributed by atoms with van der Waals surface area (Å²) in [6.45, 7) is 6.63. The van der Waals surface area contributed by atoms with Crippen molar-refractivity contribution in [1.82, 2.24) is 4.98 Å². The predicted molar refractivity (Wildman–Crippen MR) is 111 cm³/mol. The molecule has 29 heavy (non-hydrogen) atoms. The minimum Gasteiger partial charge on any atom is -0.554 e. The topological polar surface area (TPSA) is 92.2 Å². The van der Waals surface area contributed by atoms with E-state index in [-0.39, 0.29) is 0 Å². The van der Waals surface area contributed by atoms with Crippen LogP contribution in [0.4, 0.5) is 11.4 Å². The van der Waals surface area contributed by atoms with Crippen LogP contribution in [0.5, 0.6) is 0 Å². The molecule has 1 aliphatic heterocycles. The molecule has 0 unspecified atom stereocenters. The molecule has 2 aliphatic rings. The molecule has 148 valence electrons. The second-order valence-corrected chi connectivity index (χ2v) is 6.60. The summed E-state index contributed by atoms with van der Waals surface area (Å²) in [7, 11) is 0. The fourth-order valence-corrected chi connectivity index (χ4v) is 3.11. The monoisotopic (exact) mass is 389 g/mol. The maximum absolute atomic E-state index is 8.25. The van der Waals surface area contributed by atoms with E-state index < -0.39 is 6.47 Å². The highest BCUT2D eigenvalue weighted by molar-refractivity contribution is 5.81. The van der Waals surface area contributed by atoms with Crippen molar-refractivity contribution in [3.8, 4) is 11.5 Å². The fourth-order valence-electron chi connectivity index (χ4n) is 3.11. The van der Waals surface area contributed by atoms with E-state index in [1.807, 2.05) is 36.4 Å². The Morgan fingerprint density at radius 2 is 1.86 bits per heavy atom. The zero-order chi connectivity index (χ0) is 20.8. The van der Waals surface area contributed by atoms with Gasteiger partial charge in [0, 0.05) is 29.5 Å². The maximum atomic E-state index is 8.25. The number of carbonyl (C=O) groups excluding carboxylic acids is 1. The molecule has 6 nitrogen and oxygen atoms in total. The van der Waals surface area contributed by atoms with Crippen LogP contribution in [0, 0.1) is 13.8 Å². The van der Waals surface area contributed by atoms with E-state index in [9.17, 15) is 0 Å². The van der Waals surface area contributed by atoms with Crippen molar-refractivity contribution in [3.05, 3.63) is 71.1 Å². The zero-order valence-electron chi connectivity index (χ0n) is 16.7. The Bertz CT molecular complexity index is 1180. The standard InChI is InChI=1S/C22H21N3O.CH2O2/c1-4-23-19-13-22-20(11-15(19)3)25-18-10-9-16(12-21(18)26-22)24-17-8-6-5-7-14(17)2;2-1-3/h5-13,24H,4H2,1-3H3;1H,(H,2,3). The first kappa shape index (κ1) is 20.1. The summed E-state index contributed by atoms with van der Waals surface area (Å²) in [6.07, 6.45) is 0. The Balaban J connectivity index is 0.000000755. The number of hydrogen-bond acceptors (Lipinski definition) is 5. The van der Waals surface area contributed by atoms with E-state index in [4.69, 9.17) is 19.3 Å². The number of para-hydroxylation sites is 1. The van der Waals surface area contributed by atoms with Crippen LogP contribution in [0.15, 0.2) is 59.0 Å². The van der Waals surface area contributed by atoms with Crippen LogP contribution in [0.1, 0.15) is 18.1 Å². The number of aryl methyl sites for hydroxylation is 2. The lowest BCUT2D eigenvalue weighted by Gasteiger charge is -2.11. The highest BCUT2D eigenvalue weighted by Gasteiger charge is 2.13. The number of anilines is 2. The molecule has 2 aromatic carbocycles. The lowest BCUT2D eigenvalue weighted by atomic mass is 10.1. The average Bonchev–Trinajstić information content (AvgIpc) is 2.70. The molecule has 0 radical (unpaired) electrons. The van der Waals surface area contributed by atoms with E-state index in [1.54, 1.807) is 0 Å². The number of carboxylic acid groups (broad SMARTS) is 1. The van der Waals surface area contributed by atoms with Crippen LogP contribution in [-0.4, -0.2) is 18.0 Å². The van der Waals surface area contributed by atoms with Gasteiger partial charge < -0.3 is 19.6 Å². The van der Waals surface area contributed by atoms with Gasteiger partial charge in [-0.1, -0.05) is 18.2 Å². The number of carbonyl (C=O) groups is 1. The molecular formula is C23H23N3O3. The van der Waals surface area contributed by atoms with Crippen molar-refractivity contribution in [2.24, 2.45) is 0 Å². The van der Waals surface area contributed by atoms with Crippen molar-refractivity contribution in [3.63, 3.8) is 0 Å². The second kappa shape index (κ2) is 9.01. The quantitative estimate of drug-likeness (QED) is 0.411. The van der Waals surface area contributed by atoms with E-state index >= 15 is 0 Å². The number of fused-ring (bicyclic) bond motifs is 2. The van der Waals surface area contributed by atoms with Crippen LogP contribution in [0.3, 0.4) is 0 Å². The van der Waals surface area contributed by atoms with Gasteiger partial charge in [-0.15, -0.1) is 0 Å². The minimum absolute atomic E-state index is 0.500. The Kier molecular flexibility index (Phi) is 6.24. The number of hydrogen-bond donors (Lipinski definition) is 2. The van der Waals surface area contributed by atoms with Crippen molar-refractivity contribution in [2.45, 2.75) is 20.8 Å². The Morgan fingerprint density at radius 3 is 2.59 bits per heavy atom. The molecule has 4 rings (SSSR count). The average molecular weight is 389 g/mol. The summed E-state index contributed by atoms with van der Waals surface area (Å²) in [5.74, 6) is 0.784. The van der Waals surface area contributed by atoms with Gasteiger partial charge in [-0.3, -0.25) is 0 Å². The van der Waals surface area contributed by atoms with Gasteiger partial charge in [0.15, 0.2) is 11.3 Å². The van der Waals surface area contributed by atoms with E-state index in [0.29, 0.717) is 0 Å². The van der Waals surface area contributed by atoms with E-state index in [2.05, 4.69) is 49.3 Å². The molecule has 0 aromatic heterocycles. The first-order valence-corrected chi connectivity index (χ1v) is 9.36. The van der Waals surface area contributed by atoms with E-state index in [1.165, 1.54) is 11.1 Å². The number of rotatable bonds is 3. The molecular weight excluding hydrogens is 366 g/mol. The van der Waals surface area contributed by atoms with Crippen LogP contribution in [0.25, 0.3) is 22.6 Å². The third-order valence-corrected chi connectivity index (χ3v) is 4.52. The SMILES string of the molecule is CC[NH+]=c1cc2oc3cc(Nc4ccccc4C)ccc3nc-2cc1C.O=C[O-]. The van der Waals surface area contributed by atoms with Gasteiger partial charge in [-0.05, 0) is 50.6 Å². The molecule has 0 bridgehead atoms. The minimum atomic E-state index is -0.500. The third-order valence-electron chi connectivity index (χ3n) is 4.52. The lowest BCUT2D eigenvalue weighted by molar-refractivity contribution is -0.496. The largest absolute Gasteiger partial charge is 0.554 e. The van der Waals surface area contributed by atoms with Crippen LogP contribution < -0.4 is 20.8 Å². The molecule has 1 aliphatic carbocycles. The number of nitrogens with one attached hydrogen (secondary N) is 2. The van der Waals surface area contributed by atoms with E-state index in [0.717, 1.165) is 45.8 Å². The highest BCUT2D eigenvalue weighted by atomic mass is 16.3. The summed E-state index contributed by atoms with van der Waals surface area (Å²) in [4.78, 5) is 16.4. The summed E-state index contributed by atoms with van der Waals surface area (Å²) in [5, 5.41) is 12.8. The van der Waals surface area contributed by atoms with Gasteiger partial charge in [0.05, 0.1) is 6.07 Å². The first-order chi connectivity index (χ1) is 14.0. The molecule has 0 atom stereocenters. The smallest absolute Gasteiger partial charge is 0.205 e. The third kappa shape index (κ3) is 4.60. The van der Waals surface area contributed by atoms with Gasteiger partial charge in [-0.25, -0.2) is 9.98 Å². The molecule has 6 heteroatoms. The van der Waals surface area contributed by atoms with Gasteiger partial charge in [0.2, 0.25) is 5.36 Å². The van der Waals surface area contributed by atoms with Gasteiger partial charge in [0.1, 0.15) is 17.8 Å². The van der Waals surface area contributed by atoms with Crippen LogP contribution >= 0.6 is 0 Å². The van der Waals surface area contributed by atoms with Gasteiger partial charge >= 0.3 is 0 Å². The van der Waals surface area contributed by atoms with Crippen molar-refractivity contribution in [2.75, 3.05) is 11.9 Å². The van der Waals surface area contributed by atoms with Gasteiger partial charge in [-0.2, -0.15) is 0 Å². The first-order valence-electron chi connectivity index (χ1n) is 9.36. The molecule has 2 aromatic rings. The molecule has 0 saturated carbocycles. The normalized spacial score (nSPS) is 11.2. The predicted octanol–water partition coefficient (Wildman–Crippen LogP) is 1.66. The highest BCUT2D eigenvalue weighted by Crippen LogP contribution is 2.28. The number of benzene rings is 3. The number of nitrogens with zero attached hydrogens (tertiary/aromatic N) is 1. The van der Waals surface area contributed by atoms with Crippen LogP contribution in [0.2, 0.25) is 0 Å². The Hall–Kier alpha value is -3.67. The molecule has 1 heterocycles. The molecule has 0 fully saturated rings. The summed E-state index contributed by atoms with van der Waals surface area (Å²) in [5.41, 5.74) is 6.93. The number of aromatic nitrogens is 1. The zero-order valence-corrected chi connectivity index (χ0v) is 16.7. The van der Waals surface area contributed by atoms with Crippen LogP contribution in [-0.2, 0) is 4.79 Å². The molecule has 0 spiro atoms. The molecule has 2 N–H and O–H groups in total. The summed E-state index contributed by atoms with van der Waals surface area (Å²) in [6, 6.07) is 18.3. The van der Waals surface area contributed by atoms with Gasteiger partial charge in [0.25, 0.3) is 0 Å². The Labute approximate surface area is 168 Å². The molecule has 0 amide bonds.